The number of thioether (sulfide) groups is 1. The van der Waals surface area contributed by atoms with Crippen molar-refractivity contribution >= 4 is 40.9 Å². The fourth-order valence-corrected chi connectivity index (χ4v) is 5.59. The minimum absolute atomic E-state index is 0.222. The van der Waals surface area contributed by atoms with Gasteiger partial charge in [0, 0.05) is 9.62 Å². The van der Waals surface area contributed by atoms with Crippen LogP contribution in [0.1, 0.15) is 25.6 Å². The quantitative estimate of drug-likeness (QED) is 0.796. The second kappa shape index (κ2) is 5.24. The van der Waals surface area contributed by atoms with Crippen LogP contribution in [-0.4, -0.2) is 49.5 Å². The summed E-state index contributed by atoms with van der Waals surface area (Å²) in [5.41, 5.74) is -1.04. The predicted molar refractivity (Wildman–Crippen MR) is 88.3 cm³/mol. The molecule has 2 aliphatic rings. The molecule has 3 atom stereocenters. The average molecular weight is 354 g/mol. The standard InChI is InChI=1S/C15H18N2O4S2/c1-14(2)10(11(19)20)17-12(21)15(3,13(17)23-14)16-9(18)7-8-5-4-6-22-8/h4-6,10,13H,7H2,1-3H3,(H,16,18)(H,19,20)/t10-,13+,15-/m0/s1. The molecule has 0 saturated carbocycles. The molecule has 6 nitrogen and oxygen atoms in total. The first kappa shape index (κ1) is 16.3. The smallest absolute Gasteiger partial charge is 0.327 e. The van der Waals surface area contributed by atoms with Crippen molar-refractivity contribution in [3.05, 3.63) is 22.4 Å². The summed E-state index contributed by atoms with van der Waals surface area (Å²) in [6.45, 7) is 5.31. The van der Waals surface area contributed by atoms with E-state index in [0.717, 1.165) is 4.88 Å². The van der Waals surface area contributed by atoms with E-state index in [-0.39, 0.29) is 23.6 Å². The van der Waals surface area contributed by atoms with E-state index in [2.05, 4.69) is 5.32 Å². The molecule has 2 aliphatic heterocycles. The molecule has 23 heavy (non-hydrogen) atoms. The van der Waals surface area contributed by atoms with Gasteiger partial charge < -0.3 is 15.3 Å². The van der Waals surface area contributed by atoms with Crippen molar-refractivity contribution in [3.8, 4) is 0 Å². The van der Waals surface area contributed by atoms with Gasteiger partial charge in [0.25, 0.3) is 5.91 Å². The van der Waals surface area contributed by atoms with Gasteiger partial charge >= 0.3 is 5.97 Å². The molecule has 0 bridgehead atoms. The highest BCUT2D eigenvalue weighted by atomic mass is 32.2. The molecule has 1 aromatic heterocycles. The maximum Gasteiger partial charge on any atom is 0.327 e. The number of nitrogens with one attached hydrogen (secondary N) is 1. The molecule has 2 amide bonds. The van der Waals surface area contributed by atoms with Gasteiger partial charge in [0.05, 0.1) is 6.42 Å². The second-order valence-corrected chi connectivity index (χ2v) is 9.30. The molecular weight excluding hydrogens is 336 g/mol. The normalized spacial score (nSPS) is 31.4. The number of hydrogen-bond acceptors (Lipinski definition) is 5. The third-order valence-corrected chi connectivity index (χ3v) is 6.95. The van der Waals surface area contributed by atoms with Crippen LogP contribution in [0.15, 0.2) is 17.5 Å². The van der Waals surface area contributed by atoms with E-state index in [1.807, 2.05) is 31.4 Å². The van der Waals surface area contributed by atoms with Crippen LogP contribution in [0, 0.1) is 0 Å². The zero-order chi connectivity index (χ0) is 17.0. The van der Waals surface area contributed by atoms with Crippen LogP contribution < -0.4 is 5.32 Å². The number of carbonyl (C=O) groups excluding carboxylic acids is 2. The van der Waals surface area contributed by atoms with Crippen molar-refractivity contribution in [2.75, 3.05) is 0 Å². The number of nitrogens with zero attached hydrogens (tertiary/aromatic N) is 1. The van der Waals surface area contributed by atoms with E-state index in [4.69, 9.17) is 0 Å². The number of β-lactam (4-membered cyclic amide) rings is 1. The third-order valence-electron chi connectivity index (χ3n) is 4.33. The third kappa shape index (κ3) is 2.44. The molecule has 0 aliphatic carbocycles. The lowest BCUT2D eigenvalue weighted by Crippen LogP contribution is -2.78. The summed E-state index contributed by atoms with van der Waals surface area (Å²) in [6.07, 6.45) is 0.226. The number of hydrogen-bond donors (Lipinski definition) is 2. The van der Waals surface area contributed by atoms with Crippen LogP contribution >= 0.6 is 23.1 Å². The van der Waals surface area contributed by atoms with Gasteiger partial charge in [-0.1, -0.05) is 6.07 Å². The zero-order valence-electron chi connectivity index (χ0n) is 13.0. The summed E-state index contributed by atoms with van der Waals surface area (Å²) in [5, 5.41) is 13.8. The average Bonchev–Trinajstić information content (AvgIpc) is 3.02. The van der Waals surface area contributed by atoms with Crippen molar-refractivity contribution in [1.82, 2.24) is 10.2 Å². The van der Waals surface area contributed by atoms with E-state index in [1.165, 1.54) is 28.0 Å². The summed E-state index contributed by atoms with van der Waals surface area (Å²) in [7, 11) is 0. The van der Waals surface area contributed by atoms with Gasteiger partial charge in [-0.05, 0) is 32.2 Å². The molecule has 2 saturated heterocycles. The minimum Gasteiger partial charge on any atom is -0.480 e. The Morgan fingerprint density at radius 1 is 1.39 bits per heavy atom. The molecule has 2 N–H and O–H groups in total. The highest BCUT2D eigenvalue weighted by Gasteiger charge is 2.69. The van der Waals surface area contributed by atoms with Crippen LogP contribution in [0.5, 0.6) is 0 Å². The maximum atomic E-state index is 12.5. The Morgan fingerprint density at radius 3 is 2.65 bits per heavy atom. The zero-order valence-corrected chi connectivity index (χ0v) is 14.7. The molecule has 0 radical (unpaired) electrons. The topological polar surface area (TPSA) is 86.7 Å². The Morgan fingerprint density at radius 2 is 2.09 bits per heavy atom. The van der Waals surface area contributed by atoms with Gasteiger partial charge in [-0.15, -0.1) is 23.1 Å². The highest BCUT2D eigenvalue weighted by molar-refractivity contribution is 8.01. The Balaban J connectivity index is 1.76. The molecule has 2 fully saturated rings. The Bertz CT molecular complexity index is 673. The van der Waals surface area contributed by atoms with E-state index < -0.39 is 22.3 Å². The number of amides is 2. The number of rotatable bonds is 4. The van der Waals surface area contributed by atoms with Crippen LogP contribution in [0.2, 0.25) is 0 Å². The first-order chi connectivity index (χ1) is 10.7. The summed E-state index contributed by atoms with van der Waals surface area (Å²) >= 11 is 2.91. The van der Waals surface area contributed by atoms with E-state index in [1.54, 1.807) is 6.92 Å². The summed E-state index contributed by atoms with van der Waals surface area (Å²) in [6, 6.07) is 2.88. The van der Waals surface area contributed by atoms with Crippen molar-refractivity contribution in [2.24, 2.45) is 0 Å². The molecule has 0 unspecified atom stereocenters. The largest absolute Gasteiger partial charge is 0.480 e. The van der Waals surface area contributed by atoms with Gasteiger partial charge in [0.1, 0.15) is 17.0 Å². The first-order valence-electron chi connectivity index (χ1n) is 7.23. The lowest BCUT2D eigenvalue weighted by molar-refractivity contribution is -0.167. The molecule has 124 valence electrons. The van der Waals surface area contributed by atoms with Gasteiger partial charge in [0.2, 0.25) is 5.91 Å². The van der Waals surface area contributed by atoms with E-state index >= 15 is 0 Å². The van der Waals surface area contributed by atoms with Crippen molar-refractivity contribution in [1.29, 1.82) is 0 Å². The SMILES string of the molecule is CC1(C)S[C@H]2N(C(=O)[C@]2(C)NC(=O)Cc2cccs2)[C@H]1C(=O)O. The van der Waals surface area contributed by atoms with Gasteiger partial charge in [-0.25, -0.2) is 4.79 Å². The summed E-state index contributed by atoms with van der Waals surface area (Å²) < 4.78 is -0.595. The molecule has 8 heteroatoms. The molecule has 3 rings (SSSR count). The molecule has 3 heterocycles. The van der Waals surface area contributed by atoms with Crippen LogP contribution in [-0.2, 0) is 20.8 Å². The molecule has 0 spiro atoms. The maximum absolute atomic E-state index is 12.5. The van der Waals surface area contributed by atoms with Gasteiger partial charge in [0.15, 0.2) is 0 Å². The van der Waals surface area contributed by atoms with Crippen molar-refractivity contribution < 1.29 is 19.5 Å². The number of carboxylic acids is 1. The summed E-state index contributed by atoms with van der Waals surface area (Å²) in [4.78, 5) is 38.6. The Kier molecular flexibility index (Phi) is 3.72. The molecule has 0 aromatic carbocycles. The first-order valence-corrected chi connectivity index (χ1v) is 8.99. The highest BCUT2D eigenvalue weighted by Crippen LogP contribution is 2.54. The van der Waals surface area contributed by atoms with Crippen LogP contribution in [0.25, 0.3) is 0 Å². The Hall–Kier alpha value is -1.54. The monoisotopic (exact) mass is 354 g/mol. The molecule has 1 aromatic rings. The number of thiophene rings is 1. The fourth-order valence-electron chi connectivity index (χ4n) is 3.24. The Labute approximate surface area is 142 Å². The lowest BCUT2D eigenvalue weighted by Gasteiger charge is -2.51. The number of fused-ring (bicyclic) bond motifs is 1. The van der Waals surface area contributed by atoms with E-state index in [0.29, 0.717) is 0 Å². The van der Waals surface area contributed by atoms with Crippen LogP contribution in [0.3, 0.4) is 0 Å². The fraction of sp³-hybridized carbons (Fsp3) is 0.533. The van der Waals surface area contributed by atoms with Gasteiger partial charge in [-0.3, -0.25) is 9.59 Å². The van der Waals surface area contributed by atoms with Crippen molar-refractivity contribution in [3.63, 3.8) is 0 Å². The van der Waals surface area contributed by atoms with Crippen molar-refractivity contribution in [2.45, 2.75) is 48.9 Å². The number of carboxylic acid groups (broad SMARTS) is 1. The second-order valence-electron chi connectivity index (χ2n) is 6.53. The summed E-state index contributed by atoms with van der Waals surface area (Å²) in [5.74, 6) is -1.56. The predicted octanol–water partition coefficient (Wildman–Crippen LogP) is 1.31. The lowest BCUT2D eigenvalue weighted by atomic mass is 9.86. The number of carbonyl (C=O) groups is 3. The van der Waals surface area contributed by atoms with E-state index in [9.17, 15) is 19.5 Å². The van der Waals surface area contributed by atoms with Crippen LogP contribution in [0.4, 0.5) is 0 Å². The van der Waals surface area contributed by atoms with Gasteiger partial charge in [-0.2, -0.15) is 0 Å². The number of aliphatic carboxylic acids is 1. The minimum atomic E-state index is -1.04. The molecular formula is C15H18N2O4S2.